The van der Waals surface area contributed by atoms with Crippen molar-refractivity contribution in [2.24, 2.45) is 0 Å². The van der Waals surface area contributed by atoms with Gasteiger partial charge in [0.25, 0.3) is 5.91 Å². The van der Waals surface area contributed by atoms with Gasteiger partial charge in [-0.25, -0.2) is 18.2 Å². The number of rotatable bonds is 6. The third kappa shape index (κ3) is 4.35. The second-order valence-electron chi connectivity index (χ2n) is 8.57. The Morgan fingerprint density at radius 3 is 2.20 bits per heavy atom. The molecule has 5 rings (SSSR count). The fraction of sp³-hybridized carbons (Fsp3) is 0.148. The van der Waals surface area contributed by atoms with E-state index in [1.807, 2.05) is 6.92 Å². The monoisotopic (exact) mass is 475 g/mol. The van der Waals surface area contributed by atoms with Crippen LogP contribution in [0.1, 0.15) is 32.7 Å². The van der Waals surface area contributed by atoms with Gasteiger partial charge in [-0.05, 0) is 53.4 Å². The number of amides is 1. The lowest BCUT2D eigenvalue weighted by Gasteiger charge is -2.12. The molecule has 0 saturated carbocycles. The summed E-state index contributed by atoms with van der Waals surface area (Å²) in [6.45, 7) is 2.13. The number of hydrogen-bond donors (Lipinski definition) is 2. The molecule has 3 aromatic carbocycles. The summed E-state index contributed by atoms with van der Waals surface area (Å²) in [5.74, 6) is -2.44. The van der Waals surface area contributed by atoms with E-state index in [-0.39, 0.29) is 31.1 Å². The Labute approximate surface area is 199 Å². The second-order valence-corrected chi connectivity index (χ2v) is 8.57. The SMILES string of the molecule is Cc1cnc(-c2ccc(-c3ccc(CC(=O)Cc4ccc(F)c(F)c4)cc3F)c3c2C(=O)NC3)[nH]1. The number of carbonyl (C=O) groups excluding carboxylic acids is 2. The molecule has 2 heterocycles. The molecule has 1 aliphatic rings. The van der Waals surface area contributed by atoms with Crippen LogP contribution in [0, 0.1) is 24.4 Å². The van der Waals surface area contributed by atoms with E-state index in [1.165, 1.54) is 12.1 Å². The molecule has 0 saturated heterocycles. The number of halogens is 3. The number of aryl methyl sites for hydroxylation is 1. The van der Waals surface area contributed by atoms with Crippen LogP contribution in [0.25, 0.3) is 22.5 Å². The van der Waals surface area contributed by atoms with Crippen molar-refractivity contribution >= 4 is 11.7 Å². The first-order valence-electron chi connectivity index (χ1n) is 11.0. The van der Waals surface area contributed by atoms with Crippen LogP contribution in [0.2, 0.25) is 0 Å². The summed E-state index contributed by atoms with van der Waals surface area (Å²) in [7, 11) is 0. The van der Waals surface area contributed by atoms with Gasteiger partial charge in [0, 0.05) is 42.4 Å². The van der Waals surface area contributed by atoms with E-state index in [0.717, 1.165) is 17.8 Å². The lowest BCUT2D eigenvalue weighted by Crippen LogP contribution is -2.13. The summed E-state index contributed by atoms with van der Waals surface area (Å²) in [6.07, 6.45) is 1.54. The molecule has 0 unspecified atom stereocenters. The Kier molecular flexibility index (Phi) is 5.72. The Balaban J connectivity index is 1.41. The van der Waals surface area contributed by atoms with Gasteiger partial charge < -0.3 is 10.3 Å². The molecule has 5 nitrogen and oxygen atoms in total. The molecule has 4 aromatic rings. The van der Waals surface area contributed by atoms with E-state index in [4.69, 9.17) is 0 Å². The van der Waals surface area contributed by atoms with Gasteiger partial charge in [0.1, 0.15) is 17.4 Å². The highest BCUT2D eigenvalue weighted by Crippen LogP contribution is 2.36. The molecule has 0 atom stereocenters. The van der Waals surface area contributed by atoms with Crippen molar-refractivity contribution in [3.05, 3.63) is 100 Å². The highest BCUT2D eigenvalue weighted by molar-refractivity contribution is 6.06. The fourth-order valence-electron chi connectivity index (χ4n) is 4.40. The number of nitrogens with one attached hydrogen (secondary N) is 2. The zero-order chi connectivity index (χ0) is 24.7. The van der Waals surface area contributed by atoms with E-state index in [1.54, 1.807) is 30.5 Å². The van der Waals surface area contributed by atoms with Crippen molar-refractivity contribution in [3.63, 3.8) is 0 Å². The summed E-state index contributed by atoms with van der Waals surface area (Å²) in [6, 6.07) is 11.4. The zero-order valence-corrected chi connectivity index (χ0v) is 18.7. The van der Waals surface area contributed by atoms with Crippen molar-refractivity contribution in [1.82, 2.24) is 15.3 Å². The Morgan fingerprint density at radius 2 is 1.54 bits per heavy atom. The molecule has 0 spiro atoms. The topological polar surface area (TPSA) is 74.8 Å². The van der Waals surface area contributed by atoms with Crippen LogP contribution >= 0.6 is 0 Å². The Morgan fingerprint density at radius 1 is 0.886 bits per heavy atom. The number of nitrogens with zero attached hydrogens (tertiary/aromatic N) is 1. The third-order valence-electron chi connectivity index (χ3n) is 6.03. The summed E-state index contributed by atoms with van der Waals surface area (Å²) < 4.78 is 41.7. The first kappa shape index (κ1) is 22.6. The molecule has 8 heteroatoms. The van der Waals surface area contributed by atoms with Crippen LogP contribution in [0.15, 0.2) is 54.7 Å². The van der Waals surface area contributed by atoms with Crippen LogP contribution in [0.3, 0.4) is 0 Å². The molecule has 2 N–H and O–H groups in total. The van der Waals surface area contributed by atoms with Crippen LogP contribution in [0.4, 0.5) is 13.2 Å². The number of imidazole rings is 1. The summed E-state index contributed by atoms with van der Waals surface area (Å²) in [4.78, 5) is 32.4. The van der Waals surface area contributed by atoms with Crippen molar-refractivity contribution in [2.45, 2.75) is 26.3 Å². The normalized spacial score (nSPS) is 12.5. The highest BCUT2D eigenvalue weighted by atomic mass is 19.2. The average Bonchev–Trinajstić information content (AvgIpc) is 3.42. The smallest absolute Gasteiger partial charge is 0.252 e. The van der Waals surface area contributed by atoms with E-state index < -0.39 is 17.5 Å². The lowest BCUT2D eigenvalue weighted by atomic mass is 9.92. The van der Waals surface area contributed by atoms with Gasteiger partial charge >= 0.3 is 0 Å². The van der Waals surface area contributed by atoms with Crippen molar-refractivity contribution in [2.75, 3.05) is 0 Å². The number of carbonyl (C=O) groups is 2. The molecule has 1 aliphatic heterocycles. The number of benzene rings is 3. The summed E-state index contributed by atoms with van der Waals surface area (Å²) >= 11 is 0. The summed E-state index contributed by atoms with van der Waals surface area (Å²) in [5.41, 5.74) is 4.37. The van der Waals surface area contributed by atoms with Crippen LogP contribution in [-0.2, 0) is 24.2 Å². The molecule has 0 radical (unpaired) electrons. The minimum atomic E-state index is -1.01. The largest absolute Gasteiger partial charge is 0.348 e. The molecule has 0 bridgehead atoms. The van der Waals surface area contributed by atoms with Gasteiger partial charge in [0.05, 0.1) is 5.56 Å². The fourth-order valence-corrected chi connectivity index (χ4v) is 4.40. The van der Waals surface area contributed by atoms with Gasteiger partial charge in [-0.3, -0.25) is 9.59 Å². The van der Waals surface area contributed by atoms with E-state index >= 15 is 4.39 Å². The van der Waals surface area contributed by atoms with E-state index in [0.29, 0.717) is 44.8 Å². The van der Waals surface area contributed by atoms with Crippen molar-refractivity contribution in [1.29, 1.82) is 0 Å². The molecular formula is C27H20F3N3O2. The van der Waals surface area contributed by atoms with Crippen LogP contribution in [-0.4, -0.2) is 21.7 Å². The lowest BCUT2D eigenvalue weighted by molar-refractivity contribution is -0.117. The maximum atomic E-state index is 15.2. The molecule has 1 aromatic heterocycles. The first-order valence-corrected chi connectivity index (χ1v) is 11.0. The standard InChI is InChI=1S/C27H20F3N3O2/c1-14-12-31-26(33-14)20-6-5-18(21-13-32-27(35)25(20)21)19-4-2-15(10-23(19)29)8-17(34)9-16-3-7-22(28)24(30)11-16/h2-7,10-12H,8-9,13H2,1H3,(H,31,33)(H,32,35). The minimum absolute atomic E-state index is 0.0505. The van der Waals surface area contributed by atoms with E-state index in [9.17, 15) is 18.4 Å². The van der Waals surface area contributed by atoms with Gasteiger partial charge in [-0.2, -0.15) is 0 Å². The molecule has 35 heavy (non-hydrogen) atoms. The number of Topliss-reactive ketones (excluding diaryl/α,β-unsaturated/α-hetero) is 1. The molecule has 1 amide bonds. The number of aromatic nitrogens is 2. The van der Waals surface area contributed by atoms with E-state index in [2.05, 4.69) is 15.3 Å². The van der Waals surface area contributed by atoms with Gasteiger partial charge in [0.2, 0.25) is 0 Å². The maximum Gasteiger partial charge on any atom is 0.252 e. The summed E-state index contributed by atoms with van der Waals surface area (Å²) in [5, 5.41) is 2.80. The molecule has 176 valence electrons. The zero-order valence-electron chi connectivity index (χ0n) is 18.7. The first-order chi connectivity index (χ1) is 16.8. The third-order valence-corrected chi connectivity index (χ3v) is 6.03. The minimum Gasteiger partial charge on any atom is -0.348 e. The van der Waals surface area contributed by atoms with Gasteiger partial charge in [-0.15, -0.1) is 0 Å². The number of H-pyrrole nitrogens is 1. The predicted molar refractivity (Wildman–Crippen MR) is 124 cm³/mol. The number of fused-ring (bicyclic) bond motifs is 1. The van der Waals surface area contributed by atoms with Crippen LogP contribution < -0.4 is 5.32 Å². The van der Waals surface area contributed by atoms with Crippen molar-refractivity contribution < 1.29 is 22.8 Å². The maximum absolute atomic E-state index is 15.2. The number of ketones is 1. The molecule has 0 fully saturated rings. The number of hydrogen-bond acceptors (Lipinski definition) is 3. The molecule has 0 aliphatic carbocycles. The number of aromatic amines is 1. The quantitative estimate of drug-likeness (QED) is 0.409. The highest BCUT2D eigenvalue weighted by Gasteiger charge is 2.28. The van der Waals surface area contributed by atoms with Gasteiger partial charge in [-0.1, -0.05) is 24.3 Å². The average molecular weight is 475 g/mol. The Hall–Kier alpha value is -4.20. The van der Waals surface area contributed by atoms with Crippen molar-refractivity contribution in [3.8, 4) is 22.5 Å². The molecular weight excluding hydrogens is 455 g/mol. The van der Waals surface area contributed by atoms with Gasteiger partial charge in [0.15, 0.2) is 11.6 Å². The predicted octanol–water partition coefficient (Wildman–Crippen LogP) is 5.07. The second kappa shape index (κ2) is 8.87. The Bertz CT molecular complexity index is 1490. The van der Waals surface area contributed by atoms with Crippen LogP contribution in [0.5, 0.6) is 0 Å².